The topological polar surface area (TPSA) is 48.4 Å². The number of Topliss-reactive ketones (excluding diaryl/α,β-unsaturated/α-hetero) is 1. The fourth-order valence-electron chi connectivity index (χ4n) is 1.20. The molecule has 76 valence electrons. The molecule has 1 fully saturated rings. The molecule has 2 rings (SSSR count). The van der Waals surface area contributed by atoms with Crippen LogP contribution in [-0.4, -0.2) is 24.0 Å². The molecule has 0 saturated carbocycles. The maximum Gasteiger partial charge on any atom is 0.202 e. The molecule has 0 spiro atoms. The minimum absolute atomic E-state index is 0.0687. The summed E-state index contributed by atoms with van der Waals surface area (Å²) in [4.78, 5) is 15.5. The van der Waals surface area contributed by atoms with E-state index in [1.807, 2.05) is 12.3 Å². The Hall–Kier alpha value is -0.780. The summed E-state index contributed by atoms with van der Waals surface area (Å²) in [5, 5.41) is 2.36. The van der Waals surface area contributed by atoms with E-state index >= 15 is 0 Å². The lowest BCUT2D eigenvalue weighted by molar-refractivity contribution is -0.0469. The van der Waals surface area contributed by atoms with Gasteiger partial charge in [0, 0.05) is 11.8 Å². The van der Waals surface area contributed by atoms with E-state index < -0.39 is 0 Å². The van der Waals surface area contributed by atoms with E-state index in [0.29, 0.717) is 30.3 Å². The molecule has 2 heterocycles. The number of carbonyl (C=O) groups is 1. The molecule has 0 amide bonds. The minimum Gasteiger partial charge on any atom is -0.345 e. The number of hydrogen-bond acceptors (Lipinski definition) is 5. The van der Waals surface area contributed by atoms with Crippen LogP contribution in [0, 0.1) is 0 Å². The van der Waals surface area contributed by atoms with Gasteiger partial charge in [-0.15, -0.1) is 11.3 Å². The summed E-state index contributed by atoms with van der Waals surface area (Å²) in [7, 11) is 0. The number of carbonyl (C=O) groups excluding carboxylic acids is 1. The van der Waals surface area contributed by atoms with Crippen LogP contribution in [0.1, 0.15) is 35.1 Å². The van der Waals surface area contributed by atoms with Crippen LogP contribution in [-0.2, 0) is 9.47 Å². The molecule has 1 aliphatic rings. The average molecular weight is 213 g/mol. The SMILES string of the molecule is CCC(=O)c1nc(C2OCCO2)cs1. The summed E-state index contributed by atoms with van der Waals surface area (Å²) in [6.07, 6.45) is 0.115. The van der Waals surface area contributed by atoms with E-state index in [1.165, 1.54) is 11.3 Å². The van der Waals surface area contributed by atoms with Crippen molar-refractivity contribution in [3.63, 3.8) is 0 Å². The summed E-state index contributed by atoms with van der Waals surface area (Å²) in [5.74, 6) is 0.0687. The third-order valence-electron chi connectivity index (χ3n) is 1.94. The van der Waals surface area contributed by atoms with Crippen LogP contribution in [0.3, 0.4) is 0 Å². The maximum atomic E-state index is 11.3. The highest BCUT2D eigenvalue weighted by Crippen LogP contribution is 2.24. The molecule has 0 aliphatic carbocycles. The van der Waals surface area contributed by atoms with Gasteiger partial charge in [-0.25, -0.2) is 4.98 Å². The van der Waals surface area contributed by atoms with Crippen molar-refractivity contribution < 1.29 is 14.3 Å². The first-order valence-corrected chi connectivity index (χ1v) is 5.41. The average Bonchev–Trinajstić information content (AvgIpc) is 2.86. The quantitative estimate of drug-likeness (QED) is 0.718. The molecule has 0 N–H and O–H groups in total. The molecule has 14 heavy (non-hydrogen) atoms. The van der Waals surface area contributed by atoms with Crippen LogP contribution in [0.15, 0.2) is 5.38 Å². The summed E-state index contributed by atoms with van der Waals surface area (Å²) in [6.45, 7) is 3.02. The standard InChI is InChI=1S/C9H11NO3S/c1-2-7(11)8-10-6(5-14-8)9-12-3-4-13-9/h5,9H,2-4H2,1H3. The molecule has 0 unspecified atom stereocenters. The van der Waals surface area contributed by atoms with Gasteiger partial charge in [-0.1, -0.05) is 6.92 Å². The number of ketones is 1. The summed E-state index contributed by atoms with van der Waals surface area (Å²) in [5.41, 5.74) is 0.712. The molecular formula is C9H11NO3S. The minimum atomic E-state index is -0.371. The predicted molar refractivity (Wildman–Crippen MR) is 51.4 cm³/mol. The van der Waals surface area contributed by atoms with Crippen molar-refractivity contribution >= 4 is 17.1 Å². The smallest absolute Gasteiger partial charge is 0.202 e. The van der Waals surface area contributed by atoms with Crippen LogP contribution in [0.25, 0.3) is 0 Å². The van der Waals surface area contributed by atoms with Gasteiger partial charge in [0.2, 0.25) is 6.29 Å². The molecule has 0 bridgehead atoms. The van der Waals surface area contributed by atoms with Gasteiger partial charge in [0.05, 0.1) is 13.2 Å². The highest BCUT2D eigenvalue weighted by Gasteiger charge is 2.22. The lowest BCUT2D eigenvalue weighted by Crippen LogP contribution is -2.01. The van der Waals surface area contributed by atoms with Crippen molar-refractivity contribution in [2.24, 2.45) is 0 Å². The van der Waals surface area contributed by atoms with Gasteiger partial charge in [-0.3, -0.25) is 4.79 Å². The Labute approximate surface area is 85.9 Å². The van der Waals surface area contributed by atoms with Crippen LogP contribution in [0.2, 0.25) is 0 Å². The van der Waals surface area contributed by atoms with E-state index in [4.69, 9.17) is 9.47 Å². The molecule has 1 aromatic rings. The molecular weight excluding hydrogens is 202 g/mol. The van der Waals surface area contributed by atoms with E-state index in [9.17, 15) is 4.79 Å². The first-order chi connectivity index (χ1) is 6.81. The Bertz CT molecular complexity index is 331. The summed E-state index contributed by atoms with van der Waals surface area (Å²) >= 11 is 1.35. The van der Waals surface area contributed by atoms with E-state index in [0.717, 1.165) is 0 Å². The fraction of sp³-hybridized carbons (Fsp3) is 0.556. The van der Waals surface area contributed by atoms with Crippen molar-refractivity contribution in [1.82, 2.24) is 4.98 Å². The van der Waals surface area contributed by atoms with E-state index in [2.05, 4.69) is 4.98 Å². The largest absolute Gasteiger partial charge is 0.345 e. The Balaban J connectivity index is 2.12. The van der Waals surface area contributed by atoms with E-state index in [-0.39, 0.29) is 12.1 Å². The molecule has 5 heteroatoms. The number of rotatable bonds is 3. The molecule has 1 aliphatic heterocycles. The number of hydrogen-bond donors (Lipinski definition) is 0. The molecule has 1 saturated heterocycles. The normalized spacial score (nSPS) is 17.5. The Kier molecular flexibility index (Phi) is 2.90. The van der Waals surface area contributed by atoms with Gasteiger partial charge in [-0.2, -0.15) is 0 Å². The van der Waals surface area contributed by atoms with Crippen molar-refractivity contribution in [2.75, 3.05) is 13.2 Å². The second-order valence-electron chi connectivity index (χ2n) is 2.93. The first-order valence-electron chi connectivity index (χ1n) is 4.53. The maximum absolute atomic E-state index is 11.3. The van der Waals surface area contributed by atoms with Gasteiger partial charge in [0.1, 0.15) is 5.69 Å². The van der Waals surface area contributed by atoms with Crippen molar-refractivity contribution in [3.05, 3.63) is 16.1 Å². The molecule has 0 radical (unpaired) electrons. The van der Waals surface area contributed by atoms with Gasteiger partial charge >= 0.3 is 0 Å². The Morgan fingerprint density at radius 3 is 3.00 bits per heavy atom. The van der Waals surface area contributed by atoms with Crippen LogP contribution in [0.5, 0.6) is 0 Å². The van der Waals surface area contributed by atoms with Crippen LogP contribution in [0.4, 0.5) is 0 Å². The molecule has 1 aromatic heterocycles. The monoisotopic (exact) mass is 213 g/mol. The highest BCUT2D eigenvalue weighted by atomic mass is 32.1. The third-order valence-corrected chi connectivity index (χ3v) is 2.85. The number of aromatic nitrogens is 1. The van der Waals surface area contributed by atoms with Crippen molar-refractivity contribution in [1.29, 1.82) is 0 Å². The second-order valence-corrected chi connectivity index (χ2v) is 3.79. The zero-order valence-electron chi connectivity index (χ0n) is 7.86. The molecule has 0 aromatic carbocycles. The zero-order chi connectivity index (χ0) is 9.97. The molecule has 4 nitrogen and oxygen atoms in total. The Morgan fingerprint density at radius 1 is 1.64 bits per heavy atom. The predicted octanol–water partition coefficient (Wildman–Crippen LogP) is 1.78. The Morgan fingerprint density at radius 2 is 2.36 bits per heavy atom. The lowest BCUT2D eigenvalue weighted by atomic mass is 10.3. The zero-order valence-corrected chi connectivity index (χ0v) is 8.67. The number of nitrogens with zero attached hydrogens (tertiary/aromatic N) is 1. The molecule has 0 atom stereocenters. The second kappa shape index (κ2) is 4.16. The van der Waals surface area contributed by atoms with E-state index in [1.54, 1.807) is 0 Å². The van der Waals surface area contributed by atoms with Gasteiger partial charge in [-0.05, 0) is 0 Å². The van der Waals surface area contributed by atoms with Gasteiger partial charge in [0.15, 0.2) is 10.8 Å². The highest BCUT2D eigenvalue weighted by molar-refractivity contribution is 7.11. The summed E-state index contributed by atoms with van der Waals surface area (Å²) < 4.78 is 10.6. The van der Waals surface area contributed by atoms with Crippen LogP contribution >= 0.6 is 11.3 Å². The van der Waals surface area contributed by atoms with Crippen molar-refractivity contribution in [2.45, 2.75) is 19.6 Å². The van der Waals surface area contributed by atoms with Crippen molar-refractivity contribution in [3.8, 4) is 0 Å². The lowest BCUT2D eigenvalue weighted by Gasteiger charge is -2.03. The summed E-state index contributed by atoms with van der Waals surface area (Å²) in [6, 6.07) is 0. The number of thiazole rings is 1. The van der Waals surface area contributed by atoms with Gasteiger partial charge in [0.25, 0.3) is 0 Å². The van der Waals surface area contributed by atoms with Crippen LogP contribution < -0.4 is 0 Å². The third kappa shape index (κ3) is 1.84. The first kappa shape index (κ1) is 9.76. The van der Waals surface area contributed by atoms with Gasteiger partial charge < -0.3 is 9.47 Å². The fourth-order valence-corrected chi connectivity index (χ4v) is 2.03. The number of ether oxygens (including phenoxy) is 2.